The van der Waals surface area contributed by atoms with E-state index in [2.05, 4.69) is 18.8 Å². The molecule has 0 spiro atoms. The van der Waals surface area contributed by atoms with E-state index in [1.54, 1.807) is 0 Å². The van der Waals surface area contributed by atoms with Gasteiger partial charge in [-0.15, -0.1) is 6.58 Å². The third-order valence-corrected chi connectivity index (χ3v) is 2.20. The van der Waals surface area contributed by atoms with Gasteiger partial charge in [0.1, 0.15) is 0 Å². The Morgan fingerprint density at radius 1 is 1.73 bits per heavy atom. The standard InChI is InChI=1S/C9H15NO/c1-3-5-6-7-8(4-2)10-9(7)11/h4,7-8H,2-3,5-6H2,1H3,(H,10,11). The molecule has 0 radical (unpaired) electrons. The Bertz CT molecular complexity index is 165. The summed E-state index contributed by atoms with van der Waals surface area (Å²) < 4.78 is 0. The van der Waals surface area contributed by atoms with Gasteiger partial charge in [-0.05, 0) is 6.42 Å². The van der Waals surface area contributed by atoms with Crippen LogP contribution in [0.15, 0.2) is 12.7 Å². The minimum Gasteiger partial charge on any atom is -0.349 e. The normalized spacial score (nSPS) is 29.0. The predicted octanol–water partition coefficient (Wildman–Crippen LogP) is 1.48. The van der Waals surface area contributed by atoms with Crippen molar-refractivity contribution >= 4 is 5.91 Å². The molecular formula is C9H15NO. The second kappa shape index (κ2) is 3.56. The lowest BCUT2D eigenvalue weighted by Crippen LogP contribution is -2.56. The zero-order valence-electron chi connectivity index (χ0n) is 6.97. The molecule has 1 heterocycles. The highest BCUT2D eigenvalue weighted by atomic mass is 16.2. The van der Waals surface area contributed by atoms with Crippen LogP contribution >= 0.6 is 0 Å². The molecule has 1 N–H and O–H groups in total. The molecule has 1 fully saturated rings. The maximum Gasteiger partial charge on any atom is 0.226 e. The minimum absolute atomic E-state index is 0.198. The van der Waals surface area contributed by atoms with E-state index in [9.17, 15) is 4.79 Å². The number of rotatable bonds is 4. The van der Waals surface area contributed by atoms with E-state index in [0.29, 0.717) is 0 Å². The predicted molar refractivity (Wildman–Crippen MR) is 45.1 cm³/mol. The highest BCUT2D eigenvalue weighted by molar-refractivity contribution is 5.86. The quantitative estimate of drug-likeness (QED) is 0.481. The van der Waals surface area contributed by atoms with Crippen molar-refractivity contribution in [1.29, 1.82) is 0 Å². The average molecular weight is 153 g/mol. The van der Waals surface area contributed by atoms with Crippen molar-refractivity contribution in [3.05, 3.63) is 12.7 Å². The number of amides is 1. The molecule has 2 heteroatoms. The lowest BCUT2D eigenvalue weighted by molar-refractivity contribution is -0.133. The molecular weight excluding hydrogens is 138 g/mol. The first-order valence-electron chi connectivity index (χ1n) is 4.22. The van der Waals surface area contributed by atoms with E-state index in [4.69, 9.17) is 0 Å². The van der Waals surface area contributed by atoms with Gasteiger partial charge in [-0.3, -0.25) is 4.79 Å². The van der Waals surface area contributed by atoms with Gasteiger partial charge in [0.15, 0.2) is 0 Å². The Morgan fingerprint density at radius 3 is 2.91 bits per heavy atom. The third kappa shape index (κ3) is 1.62. The third-order valence-electron chi connectivity index (χ3n) is 2.20. The topological polar surface area (TPSA) is 29.1 Å². The summed E-state index contributed by atoms with van der Waals surface area (Å²) in [6.07, 6.45) is 5.14. The van der Waals surface area contributed by atoms with Crippen LogP contribution < -0.4 is 5.32 Å². The molecule has 1 aliphatic heterocycles. The monoisotopic (exact) mass is 153 g/mol. The SMILES string of the molecule is C=CC1NC(=O)C1CCCC. The lowest BCUT2D eigenvalue weighted by atomic mass is 9.86. The fourth-order valence-electron chi connectivity index (χ4n) is 1.40. The molecule has 0 aromatic heterocycles. The van der Waals surface area contributed by atoms with Gasteiger partial charge in [-0.1, -0.05) is 25.8 Å². The Hall–Kier alpha value is -0.790. The zero-order valence-corrected chi connectivity index (χ0v) is 6.97. The van der Waals surface area contributed by atoms with Crippen LogP contribution in [-0.4, -0.2) is 11.9 Å². The number of unbranched alkanes of at least 4 members (excludes halogenated alkanes) is 1. The maximum absolute atomic E-state index is 10.9. The summed E-state index contributed by atoms with van der Waals surface area (Å²) in [7, 11) is 0. The summed E-state index contributed by atoms with van der Waals surface area (Å²) in [5.74, 6) is 0.413. The smallest absolute Gasteiger partial charge is 0.226 e. The van der Waals surface area contributed by atoms with Gasteiger partial charge < -0.3 is 5.32 Å². The molecule has 0 saturated carbocycles. The summed E-state index contributed by atoms with van der Waals surface area (Å²) >= 11 is 0. The van der Waals surface area contributed by atoms with E-state index >= 15 is 0 Å². The highest BCUT2D eigenvalue weighted by Crippen LogP contribution is 2.21. The van der Waals surface area contributed by atoms with Gasteiger partial charge in [-0.2, -0.15) is 0 Å². The van der Waals surface area contributed by atoms with Crippen LogP contribution in [0, 0.1) is 5.92 Å². The Labute approximate surface area is 67.7 Å². The number of hydrogen-bond donors (Lipinski definition) is 1. The van der Waals surface area contributed by atoms with Crippen molar-refractivity contribution in [3.8, 4) is 0 Å². The largest absolute Gasteiger partial charge is 0.349 e. The number of carbonyl (C=O) groups is 1. The highest BCUT2D eigenvalue weighted by Gasteiger charge is 2.35. The molecule has 1 saturated heterocycles. The van der Waals surface area contributed by atoms with Crippen LogP contribution in [0.1, 0.15) is 26.2 Å². The van der Waals surface area contributed by atoms with Crippen molar-refractivity contribution < 1.29 is 4.79 Å². The fourth-order valence-corrected chi connectivity index (χ4v) is 1.40. The first kappa shape index (κ1) is 8.31. The average Bonchev–Trinajstić information content (AvgIpc) is 2.00. The van der Waals surface area contributed by atoms with Crippen LogP contribution in [0.2, 0.25) is 0 Å². The zero-order chi connectivity index (χ0) is 8.27. The Morgan fingerprint density at radius 2 is 2.45 bits per heavy atom. The number of hydrogen-bond acceptors (Lipinski definition) is 1. The molecule has 2 nitrogen and oxygen atoms in total. The molecule has 0 bridgehead atoms. The van der Waals surface area contributed by atoms with Crippen LogP contribution in [0.3, 0.4) is 0 Å². The summed E-state index contributed by atoms with van der Waals surface area (Å²) in [5.41, 5.74) is 0. The molecule has 2 atom stereocenters. The first-order chi connectivity index (χ1) is 5.29. The van der Waals surface area contributed by atoms with E-state index in [-0.39, 0.29) is 17.9 Å². The van der Waals surface area contributed by atoms with Gasteiger partial charge in [0.05, 0.1) is 12.0 Å². The number of carbonyl (C=O) groups excluding carboxylic acids is 1. The second-order valence-electron chi connectivity index (χ2n) is 3.02. The summed E-state index contributed by atoms with van der Waals surface area (Å²) in [4.78, 5) is 10.9. The summed E-state index contributed by atoms with van der Waals surface area (Å²) in [6, 6.07) is 0.244. The summed E-state index contributed by atoms with van der Waals surface area (Å²) in [6.45, 7) is 5.80. The molecule has 1 aliphatic rings. The van der Waals surface area contributed by atoms with Crippen molar-refractivity contribution in [1.82, 2.24) is 5.32 Å². The number of β-lactam (4-membered cyclic amide) rings is 1. The molecule has 0 aromatic rings. The maximum atomic E-state index is 10.9. The van der Waals surface area contributed by atoms with Crippen LogP contribution in [0.4, 0.5) is 0 Å². The van der Waals surface area contributed by atoms with Gasteiger partial charge in [0.2, 0.25) is 5.91 Å². The van der Waals surface area contributed by atoms with Crippen LogP contribution in [-0.2, 0) is 4.79 Å². The Balaban J connectivity index is 2.30. The van der Waals surface area contributed by atoms with E-state index < -0.39 is 0 Å². The van der Waals surface area contributed by atoms with Crippen molar-refractivity contribution in [2.75, 3.05) is 0 Å². The number of nitrogens with one attached hydrogen (secondary N) is 1. The van der Waals surface area contributed by atoms with Gasteiger partial charge in [0, 0.05) is 0 Å². The van der Waals surface area contributed by atoms with Crippen LogP contribution in [0.25, 0.3) is 0 Å². The molecule has 1 amide bonds. The molecule has 1 rings (SSSR count). The van der Waals surface area contributed by atoms with Crippen molar-refractivity contribution in [3.63, 3.8) is 0 Å². The van der Waals surface area contributed by atoms with Crippen molar-refractivity contribution in [2.45, 2.75) is 32.2 Å². The Kier molecular flexibility index (Phi) is 2.69. The van der Waals surface area contributed by atoms with E-state index in [1.807, 2.05) is 6.08 Å². The second-order valence-corrected chi connectivity index (χ2v) is 3.02. The van der Waals surface area contributed by atoms with Gasteiger partial charge in [-0.25, -0.2) is 0 Å². The molecule has 62 valence electrons. The van der Waals surface area contributed by atoms with Crippen LogP contribution in [0.5, 0.6) is 0 Å². The molecule has 11 heavy (non-hydrogen) atoms. The fraction of sp³-hybridized carbons (Fsp3) is 0.667. The van der Waals surface area contributed by atoms with Gasteiger partial charge >= 0.3 is 0 Å². The first-order valence-corrected chi connectivity index (χ1v) is 4.22. The van der Waals surface area contributed by atoms with E-state index in [0.717, 1.165) is 19.3 Å². The van der Waals surface area contributed by atoms with Crippen molar-refractivity contribution in [2.24, 2.45) is 5.92 Å². The molecule has 2 unspecified atom stereocenters. The van der Waals surface area contributed by atoms with E-state index in [1.165, 1.54) is 0 Å². The summed E-state index contributed by atoms with van der Waals surface area (Å²) in [5, 5.41) is 2.79. The van der Waals surface area contributed by atoms with Gasteiger partial charge in [0.25, 0.3) is 0 Å². The molecule has 0 aliphatic carbocycles. The molecule has 0 aromatic carbocycles. The minimum atomic E-state index is 0.198. The lowest BCUT2D eigenvalue weighted by Gasteiger charge is -2.34.